The molecule has 4 heteroatoms. The standard InChI is InChI=1S/C13H12Br2OS/c1-8-6-11(17-13(8)15)12(14)9-4-3-5-10(7-9)16-2/h3-7,12H,1-2H3. The van der Waals surface area contributed by atoms with Gasteiger partial charge in [0.1, 0.15) is 5.75 Å². The van der Waals surface area contributed by atoms with Gasteiger partial charge in [-0.1, -0.05) is 28.1 Å². The fraction of sp³-hybridized carbons (Fsp3) is 0.231. The van der Waals surface area contributed by atoms with Crippen LogP contribution in [0.15, 0.2) is 34.1 Å². The summed E-state index contributed by atoms with van der Waals surface area (Å²) in [5.74, 6) is 0.888. The molecule has 2 aromatic rings. The second-order valence-corrected chi connectivity index (χ2v) is 7.06. The predicted molar refractivity (Wildman–Crippen MR) is 80.5 cm³/mol. The van der Waals surface area contributed by atoms with Crippen LogP contribution in [0, 0.1) is 6.92 Å². The Morgan fingerprint density at radius 1 is 1.29 bits per heavy atom. The summed E-state index contributed by atoms with van der Waals surface area (Å²) in [6.45, 7) is 2.11. The monoisotopic (exact) mass is 374 g/mol. The quantitative estimate of drug-likeness (QED) is 0.660. The van der Waals surface area contributed by atoms with E-state index in [4.69, 9.17) is 4.74 Å². The second kappa shape index (κ2) is 5.55. The van der Waals surface area contributed by atoms with E-state index in [9.17, 15) is 0 Å². The van der Waals surface area contributed by atoms with E-state index in [1.807, 2.05) is 12.1 Å². The second-order valence-electron chi connectivity index (χ2n) is 3.74. The van der Waals surface area contributed by atoms with Crippen molar-refractivity contribution in [3.05, 3.63) is 50.1 Å². The molecule has 17 heavy (non-hydrogen) atoms. The van der Waals surface area contributed by atoms with Gasteiger partial charge >= 0.3 is 0 Å². The smallest absolute Gasteiger partial charge is 0.119 e. The molecular weight excluding hydrogens is 364 g/mol. The normalized spacial score (nSPS) is 12.5. The van der Waals surface area contributed by atoms with Crippen molar-refractivity contribution in [1.29, 1.82) is 0 Å². The van der Waals surface area contributed by atoms with E-state index >= 15 is 0 Å². The highest BCUT2D eigenvalue weighted by Crippen LogP contribution is 2.39. The highest BCUT2D eigenvalue weighted by molar-refractivity contribution is 9.11. The van der Waals surface area contributed by atoms with Crippen LogP contribution in [0.4, 0.5) is 0 Å². The molecule has 90 valence electrons. The van der Waals surface area contributed by atoms with Gasteiger partial charge in [0, 0.05) is 4.88 Å². The molecule has 0 amide bonds. The number of halogens is 2. The van der Waals surface area contributed by atoms with Gasteiger partial charge in [0.15, 0.2) is 0 Å². The number of methoxy groups -OCH3 is 1. The average molecular weight is 376 g/mol. The summed E-state index contributed by atoms with van der Waals surface area (Å²) in [6, 6.07) is 10.3. The Kier molecular flexibility index (Phi) is 4.28. The molecule has 1 unspecified atom stereocenters. The van der Waals surface area contributed by atoms with Crippen LogP contribution in [-0.2, 0) is 0 Å². The van der Waals surface area contributed by atoms with E-state index in [-0.39, 0.29) is 4.83 Å². The maximum Gasteiger partial charge on any atom is 0.119 e. The maximum absolute atomic E-state index is 5.24. The summed E-state index contributed by atoms with van der Waals surface area (Å²) in [5, 5.41) is 0. The van der Waals surface area contributed by atoms with Crippen LogP contribution < -0.4 is 4.74 Å². The van der Waals surface area contributed by atoms with Crippen LogP contribution in [0.5, 0.6) is 5.75 Å². The van der Waals surface area contributed by atoms with E-state index < -0.39 is 0 Å². The largest absolute Gasteiger partial charge is 0.497 e. The molecule has 0 bridgehead atoms. The van der Waals surface area contributed by atoms with E-state index in [0.717, 1.165) is 5.75 Å². The third-order valence-corrected chi connectivity index (χ3v) is 6.04. The van der Waals surface area contributed by atoms with Crippen molar-refractivity contribution in [2.24, 2.45) is 0 Å². The van der Waals surface area contributed by atoms with Crippen molar-refractivity contribution in [2.75, 3.05) is 7.11 Å². The fourth-order valence-corrected chi connectivity index (χ4v) is 3.85. The van der Waals surface area contributed by atoms with Gasteiger partial charge in [0.05, 0.1) is 15.7 Å². The van der Waals surface area contributed by atoms with Gasteiger partial charge in [0.25, 0.3) is 0 Å². The zero-order valence-electron chi connectivity index (χ0n) is 9.54. The van der Waals surface area contributed by atoms with Crippen molar-refractivity contribution in [3.8, 4) is 5.75 Å². The van der Waals surface area contributed by atoms with E-state index in [1.165, 1.54) is 19.8 Å². The average Bonchev–Trinajstić information content (AvgIpc) is 2.69. The number of ether oxygens (including phenoxy) is 1. The van der Waals surface area contributed by atoms with Crippen molar-refractivity contribution in [1.82, 2.24) is 0 Å². The minimum atomic E-state index is 0.215. The first-order valence-corrected chi connectivity index (χ1v) is 7.68. The zero-order chi connectivity index (χ0) is 12.4. The molecule has 0 saturated heterocycles. The minimum Gasteiger partial charge on any atom is -0.497 e. The number of thiophene rings is 1. The Morgan fingerprint density at radius 2 is 2.06 bits per heavy atom. The molecular formula is C13H12Br2OS. The van der Waals surface area contributed by atoms with E-state index in [1.54, 1.807) is 18.4 Å². The highest BCUT2D eigenvalue weighted by atomic mass is 79.9. The van der Waals surface area contributed by atoms with Crippen LogP contribution in [0.25, 0.3) is 0 Å². The molecule has 1 aromatic heterocycles. The fourth-order valence-electron chi connectivity index (χ4n) is 1.57. The summed E-state index contributed by atoms with van der Waals surface area (Å²) in [7, 11) is 1.69. The molecule has 1 nitrogen and oxygen atoms in total. The van der Waals surface area contributed by atoms with Crippen molar-refractivity contribution in [2.45, 2.75) is 11.8 Å². The van der Waals surface area contributed by atoms with Crippen LogP contribution in [0.1, 0.15) is 20.8 Å². The summed E-state index contributed by atoms with van der Waals surface area (Å²) in [5.41, 5.74) is 2.48. The van der Waals surface area contributed by atoms with Crippen LogP contribution >= 0.6 is 43.2 Å². The first kappa shape index (κ1) is 13.1. The predicted octanol–water partition coefficient (Wildman–Crippen LogP) is 5.31. The molecule has 0 aliphatic carbocycles. The van der Waals surface area contributed by atoms with Crippen molar-refractivity contribution >= 4 is 43.2 Å². The summed E-state index contributed by atoms with van der Waals surface area (Å²) in [6.07, 6.45) is 0. The van der Waals surface area contributed by atoms with Gasteiger partial charge in [-0.15, -0.1) is 11.3 Å². The summed E-state index contributed by atoms with van der Waals surface area (Å²) in [4.78, 5) is 1.51. The van der Waals surface area contributed by atoms with Gasteiger partial charge in [0.2, 0.25) is 0 Å². The van der Waals surface area contributed by atoms with Crippen LogP contribution in [0.2, 0.25) is 0 Å². The first-order chi connectivity index (χ1) is 8.11. The van der Waals surface area contributed by atoms with E-state index in [2.05, 4.69) is 57.0 Å². The van der Waals surface area contributed by atoms with Crippen molar-refractivity contribution in [3.63, 3.8) is 0 Å². The number of hydrogen-bond donors (Lipinski definition) is 0. The molecule has 2 rings (SSSR count). The molecule has 0 spiro atoms. The third kappa shape index (κ3) is 2.92. The lowest BCUT2D eigenvalue weighted by atomic mass is 10.1. The van der Waals surface area contributed by atoms with Gasteiger partial charge in [-0.3, -0.25) is 0 Å². The molecule has 0 aliphatic heterocycles. The topological polar surface area (TPSA) is 9.23 Å². The zero-order valence-corrected chi connectivity index (χ0v) is 13.5. The van der Waals surface area contributed by atoms with Gasteiger partial charge < -0.3 is 4.74 Å². The van der Waals surface area contributed by atoms with E-state index in [0.29, 0.717) is 0 Å². The minimum absolute atomic E-state index is 0.215. The third-order valence-electron chi connectivity index (χ3n) is 2.51. The summed E-state index contributed by atoms with van der Waals surface area (Å²) >= 11 is 9.06. The lowest BCUT2D eigenvalue weighted by Gasteiger charge is -2.09. The lowest BCUT2D eigenvalue weighted by Crippen LogP contribution is -1.91. The Balaban J connectivity index is 2.32. The van der Waals surface area contributed by atoms with Crippen molar-refractivity contribution < 1.29 is 4.74 Å². The molecule has 0 radical (unpaired) electrons. The molecule has 1 heterocycles. The SMILES string of the molecule is COc1cccc(C(Br)c2cc(C)c(Br)s2)c1. The molecule has 0 fully saturated rings. The van der Waals surface area contributed by atoms with Gasteiger partial charge in [-0.05, 0) is 52.2 Å². The Morgan fingerprint density at radius 3 is 2.65 bits per heavy atom. The Labute approximate surface area is 122 Å². The number of aryl methyl sites for hydroxylation is 1. The molecule has 0 N–H and O–H groups in total. The molecule has 0 aliphatic rings. The number of alkyl halides is 1. The van der Waals surface area contributed by atoms with Gasteiger partial charge in [-0.2, -0.15) is 0 Å². The number of benzene rings is 1. The van der Waals surface area contributed by atoms with Crippen LogP contribution in [0.3, 0.4) is 0 Å². The Bertz CT molecular complexity index is 502. The molecule has 1 atom stereocenters. The number of hydrogen-bond acceptors (Lipinski definition) is 2. The first-order valence-electron chi connectivity index (χ1n) is 5.15. The lowest BCUT2D eigenvalue weighted by molar-refractivity contribution is 0.414. The van der Waals surface area contributed by atoms with Crippen LogP contribution in [-0.4, -0.2) is 7.11 Å². The van der Waals surface area contributed by atoms with Gasteiger partial charge in [-0.25, -0.2) is 0 Å². The highest BCUT2D eigenvalue weighted by Gasteiger charge is 2.14. The molecule has 0 saturated carbocycles. The maximum atomic E-state index is 5.24. The molecule has 1 aromatic carbocycles. The number of rotatable bonds is 3. The Hall–Kier alpha value is -0.320. The summed E-state index contributed by atoms with van der Waals surface area (Å²) < 4.78 is 6.44.